The fraction of sp³-hybridized carbons (Fsp3) is 0.778. The third-order valence-electron chi connectivity index (χ3n) is 2.24. The highest BCUT2D eigenvalue weighted by atomic mass is 32.2. The molecule has 1 fully saturated rings. The predicted octanol–water partition coefficient (Wildman–Crippen LogP) is 0.377. The molecule has 5 nitrogen and oxygen atoms in total. The molecule has 0 amide bonds. The molecule has 1 N–H and O–H groups in total. The van der Waals surface area contributed by atoms with Crippen molar-refractivity contribution in [3.05, 3.63) is 10.0 Å². The Morgan fingerprint density at radius 1 is 1.38 bits per heavy atom. The third-order valence-corrected chi connectivity index (χ3v) is 4.21. The second-order valence-electron chi connectivity index (χ2n) is 4.14. The van der Waals surface area contributed by atoms with Crippen molar-refractivity contribution in [2.45, 2.75) is 31.1 Å². The van der Waals surface area contributed by atoms with E-state index in [2.05, 4.69) is 15.5 Å². The third kappa shape index (κ3) is 4.15. The quantitative estimate of drug-likeness (QED) is 0.801. The van der Waals surface area contributed by atoms with Gasteiger partial charge in [-0.3, -0.25) is 0 Å². The molecule has 0 atom stereocenters. The lowest BCUT2D eigenvalue weighted by atomic mass is 10.4. The summed E-state index contributed by atoms with van der Waals surface area (Å²) >= 11 is 1.39. The van der Waals surface area contributed by atoms with Crippen LogP contribution >= 0.6 is 11.3 Å². The van der Waals surface area contributed by atoms with E-state index >= 15 is 0 Å². The molecule has 16 heavy (non-hydrogen) atoms. The zero-order valence-electron chi connectivity index (χ0n) is 9.14. The van der Waals surface area contributed by atoms with E-state index in [1.54, 1.807) is 0 Å². The average Bonchev–Trinajstić information content (AvgIpc) is 2.86. The second kappa shape index (κ2) is 4.77. The van der Waals surface area contributed by atoms with Gasteiger partial charge in [-0.15, -0.1) is 21.5 Å². The van der Waals surface area contributed by atoms with Gasteiger partial charge >= 0.3 is 0 Å². The summed E-state index contributed by atoms with van der Waals surface area (Å²) in [7, 11) is -3.00. The molecule has 7 heteroatoms. The van der Waals surface area contributed by atoms with Gasteiger partial charge in [-0.05, 0) is 12.8 Å². The van der Waals surface area contributed by atoms with Gasteiger partial charge in [-0.25, -0.2) is 8.42 Å². The molecular weight excluding hydrogens is 246 g/mol. The molecule has 90 valence electrons. The molecule has 1 saturated carbocycles. The van der Waals surface area contributed by atoms with Gasteiger partial charge in [0.25, 0.3) is 0 Å². The standard InChI is InChI=1S/C9H15N3O2S2/c1-16(13,14)6-9-12-11-8(15-9)4-5-10-7-2-3-7/h7,10H,2-6H2,1H3. The van der Waals surface area contributed by atoms with E-state index in [-0.39, 0.29) is 5.75 Å². The molecule has 0 aliphatic heterocycles. The van der Waals surface area contributed by atoms with Gasteiger partial charge in [-0.1, -0.05) is 0 Å². The molecule has 0 spiro atoms. The summed E-state index contributed by atoms with van der Waals surface area (Å²) in [5.74, 6) is 0.000715. The predicted molar refractivity (Wildman–Crippen MR) is 63.2 cm³/mol. The Labute approximate surface area is 99.2 Å². The summed E-state index contributed by atoms with van der Waals surface area (Å²) in [6.07, 6.45) is 4.59. The second-order valence-corrected chi connectivity index (χ2v) is 7.42. The van der Waals surface area contributed by atoms with Gasteiger partial charge < -0.3 is 5.32 Å². The monoisotopic (exact) mass is 261 g/mol. The zero-order chi connectivity index (χ0) is 11.6. The number of hydrogen-bond donors (Lipinski definition) is 1. The van der Waals surface area contributed by atoms with E-state index in [0.717, 1.165) is 18.0 Å². The van der Waals surface area contributed by atoms with E-state index in [1.807, 2.05) is 0 Å². The Kier molecular flexibility index (Phi) is 3.56. The Hall–Kier alpha value is -0.530. The molecular formula is C9H15N3O2S2. The molecule has 0 bridgehead atoms. The highest BCUT2D eigenvalue weighted by Crippen LogP contribution is 2.18. The number of nitrogens with one attached hydrogen (secondary N) is 1. The lowest BCUT2D eigenvalue weighted by Crippen LogP contribution is -2.19. The fourth-order valence-corrected chi connectivity index (χ4v) is 3.37. The van der Waals surface area contributed by atoms with Gasteiger partial charge in [0.15, 0.2) is 9.84 Å². The molecule has 0 saturated heterocycles. The number of nitrogens with zero attached hydrogens (tertiary/aromatic N) is 2. The summed E-state index contributed by atoms with van der Waals surface area (Å²) in [6, 6.07) is 0.698. The molecule has 0 unspecified atom stereocenters. The SMILES string of the molecule is CS(=O)(=O)Cc1nnc(CCNC2CC2)s1. The van der Waals surface area contributed by atoms with Crippen molar-refractivity contribution in [1.29, 1.82) is 0 Å². The zero-order valence-corrected chi connectivity index (χ0v) is 10.8. The Balaban J connectivity index is 1.81. The normalized spacial score (nSPS) is 16.6. The first-order valence-corrected chi connectivity index (χ1v) is 8.13. The van der Waals surface area contributed by atoms with E-state index < -0.39 is 9.84 Å². The summed E-state index contributed by atoms with van der Waals surface area (Å²) < 4.78 is 22.1. The van der Waals surface area contributed by atoms with Crippen molar-refractivity contribution in [2.24, 2.45) is 0 Å². The summed E-state index contributed by atoms with van der Waals surface area (Å²) in [5, 5.41) is 12.7. The highest BCUT2D eigenvalue weighted by molar-refractivity contribution is 7.90. The van der Waals surface area contributed by atoms with Crippen LogP contribution in [0.2, 0.25) is 0 Å². The first kappa shape index (κ1) is 11.9. The molecule has 1 heterocycles. The van der Waals surface area contributed by atoms with Crippen LogP contribution in [0.15, 0.2) is 0 Å². The van der Waals surface area contributed by atoms with Crippen LogP contribution in [0.5, 0.6) is 0 Å². The number of hydrogen-bond acceptors (Lipinski definition) is 6. The van der Waals surface area contributed by atoms with Crippen LogP contribution in [0.1, 0.15) is 22.9 Å². The molecule has 1 aliphatic carbocycles. The van der Waals surface area contributed by atoms with Crippen LogP contribution in [0.3, 0.4) is 0 Å². The van der Waals surface area contributed by atoms with Crippen molar-refractivity contribution < 1.29 is 8.42 Å². The number of sulfone groups is 1. The van der Waals surface area contributed by atoms with Gasteiger partial charge in [0, 0.05) is 25.3 Å². The van der Waals surface area contributed by atoms with E-state index in [1.165, 1.54) is 30.4 Å². The van der Waals surface area contributed by atoms with E-state index in [9.17, 15) is 8.42 Å². The lowest BCUT2D eigenvalue weighted by molar-refractivity contribution is 0.600. The number of aromatic nitrogens is 2. The summed E-state index contributed by atoms with van der Waals surface area (Å²) in [4.78, 5) is 0. The van der Waals surface area contributed by atoms with Crippen LogP contribution in [-0.4, -0.2) is 37.5 Å². The Morgan fingerprint density at radius 2 is 2.06 bits per heavy atom. The van der Waals surface area contributed by atoms with Gasteiger partial charge in [0.2, 0.25) is 0 Å². The molecule has 2 rings (SSSR count). The average molecular weight is 261 g/mol. The summed E-state index contributed by atoms with van der Waals surface area (Å²) in [6.45, 7) is 0.901. The van der Waals surface area contributed by atoms with Gasteiger partial charge in [0.05, 0.1) is 0 Å². The molecule has 0 aromatic carbocycles. The number of rotatable bonds is 6. The van der Waals surface area contributed by atoms with Crippen molar-refractivity contribution >= 4 is 21.2 Å². The topological polar surface area (TPSA) is 72.0 Å². The fourth-order valence-electron chi connectivity index (χ4n) is 1.34. The van der Waals surface area contributed by atoms with Crippen LogP contribution in [0.25, 0.3) is 0 Å². The maximum Gasteiger partial charge on any atom is 0.154 e. The molecule has 0 radical (unpaired) electrons. The summed E-state index contributed by atoms with van der Waals surface area (Å²) in [5.41, 5.74) is 0. The first-order valence-electron chi connectivity index (χ1n) is 5.25. The van der Waals surface area contributed by atoms with E-state index in [4.69, 9.17) is 0 Å². The minimum absolute atomic E-state index is 0.000715. The Morgan fingerprint density at radius 3 is 2.69 bits per heavy atom. The Bertz CT molecular complexity index is 451. The van der Waals surface area contributed by atoms with E-state index in [0.29, 0.717) is 11.0 Å². The lowest BCUT2D eigenvalue weighted by Gasteiger charge is -1.97. The minimum atomic E-state index is -3.00. The van der Waals surface area contributed by atoms with Crippen LogP contribution < -0.4 is 5.32 Å². The van der Waals surface area contributed by atoms with Gasteiger partial charge in [0.1, 0.15) is 15.8 Å². The highest BCUT2D eigenvalue weighted by Gasteiger charge is 2.20. The molecule has 1 aliphatic rings. The van der Waals surface area contributed by atoms with Gasteiger partial charge in [-0.2, -0.15) is 0 Å². The van der Waals surface area contributed by atoms with Crippen LogP contribution in [-0.2, 0) is 22.0 Å². The van der Waals surface area contributed by atoms with Crippen molar-refractivity contribution in [3.63, 3.8) is 0 Å². The minimum Gasteiger partial charge on any atom is -0.314 e. The molecule has 1 aromatic rings. The van der Waals surface area contributed by atoms with Crippen molar-refractivity contribution in [1.82, 2.24) is 15.5 Å². The van der Waals surface area contributed by atoms with Crippen LogP contribution in [0, 0.1) is 0 Å². The first-order chi connectivity index (χ1) is 7.53. The van der Waals surface area contributed by atoms with Crippen molar-refractivity contribution in [2.75, 3.05) is 12.8 Å². The van der Waals surface area contributed by atoms with Crippen molar-refractivity contribution in [3.8, 4) is 0 Å². The van der Waals surface area contributed by atoms with Crippen LogP contribution in [0.4, 0.5) is 0 Å². The molecule has 1 aromatic heterocycles. The largest absolute Gasteiger partial charge is 0.314 e. The maximum atomic E-state index is 11.0. The smallest absolute Gasteiger partial charge is 0.154 e. The maximum absolute atomic E-state index is 11.0.